The molecule has 1 atom stereocenters. The quantitative estimate of drug-likeness (QED) is 0.790. The third-order valence-corrected chi connectivity index (χ3v) is 6.98. The van der Waals surface area contributed by atoms with E-state index in [0.717, 1.165) is 10.4 Å². The molecule has 0 aromatic carbocycles. The van der Waals surface area contributed by atoms with Crippen molar-refractivity contribution in [2.75, 3.05) is 13.7 Å². The first-order valence-electron chi connectivity index (χ1n) is 6.20. The lowest BCUT2D eigenvalue weighted by Crippen LogP contribution is -2.44. The molecule has 2 aliphatic rings. The van der Waals surface area contributed by atoms with Crippen molar-refractivity contribution in [1.29, 1.82) is 0 Å². The van der Waals surface area contributed by atoms with Crippen LogP contribution in [0.15, 0.2) is 11.4 Å². The van der Waals surface area contributed by atoms with Gasteiger partial charge in [-0.25, -0.2) is 13.2 Å². The Labute approximate surface area is 116 Å². The SMILES string of the molecule is COC(=O)C1c2ccsc2CCN1S(=O)(=O)C1CC1. The molecule has 1 aromatic heterocycles. The van der Waals surface area contributed by atoms with Gasteiger partial charge in [0.05, 0.1) is 12.4 Å². The number of hydrogen-bond acceptors (Lipinski definition) is 5. The smallest absolute Gasteiger partial charge is 0.328 e. The first kappa shape index (κ1) is 13.1. The van der Waals surface area contributed by atoms with Gasteiger partial charge in [-0.1, -0.05) is 0 Å². The van der Waals surface area contributed by atoms with Gasteiger partial charge in [-0.15, -0.1) is 11.3 Å². The average Bonchev–Trinajstić information content (AvgIpc) is 3.15. The molecule has 1 saturated carbocycles. The van der Waals surface area contributed by atoms with Gasteiger partial charge in [-0.05, 0) is 36.3 Å². The Bertz CT molecular complexity index is 603. The Kier molecular flexibility index (Phi) is 3.15. The summed E-state index contributed by atoms with van der Waals surface area (Å²) in [5, 5.41) is 1.59. The normalized spacial score (nSPS) is 23.9. The molecule has 1 unspecified atom stereocenters. The number of rotatable bonds is 3. The van der Waals surface area contributed by atoms with Crippen LogP contribution in [0.3, 0.4) is 0 Å². The lowest BCUT2D eigenvalue weighted by molar-refractivity contribution is -0.145. The molecular weight excluding hydrogens is 286 g/mol. The Hall–Kier alpha value is -0.920. The van der Waals surface area contributed by atoms with Crippen molar-refractivity contribution in [1.82, 2.24) is 4.31 Å². The van der Waals surface area contributed by atoms with E-state index >= 15 is 0 Å². The fraction of sp³-hybridized carbons (Fsp3) is 0.583. The minimum atomic E-state index is -3.38. The molecule has 3 rings (SSSR count). The number of carbonyl (C=O) groups excluding carboxylic acids is 1. The van der Waals surface area contributed by atoms with Gasteiger partial charge >= 0.3 is 5.97 Å². The zero-order valence-corrected chi connectivity index (χ0v) is 12.2. The van der Waals surface area contributed by atoms with E-state index in [9.17, 15) is 13.2 Å². The van der Waals surface area contributed by atoms with Gasteiger partial charge in [0, 0.05) is 11.4 Å². The highest BCUT2D eigenvalue weighted by molar-refractivity contribution is 7.90. The average molecular weight is 301 g/mol. The van der Waals surface area contributed by atoms with Crippen molar-refractivity contribution in [2.24, 2.45) is 0 Å². The largest absolute Gasteiger partial charge is 0.468 e. The van der Waals surface area contributed by atoms with Gasteiger partial charge in [0.2, 0.25) is 10.0 Å². The van der Waals surface area contributed by atoms with Crippen LogP contribution in [-0.4, -0.2) is 37.6 Å². The molecule has 2 heterocycles. The highest BCUT2D eigenvalue weighted by Gasteiger charge is 2.47. The van der Waals surface area contributed by atoms with Crippen LogP contribution >= 0.6 is 11.3 Å². The molecule has 19 heavy (non-hydrogen) atoms. The fourth-order valence-electron chi connectivity index (χ4n) is 2.48. The van der Waals surface area contributed by atoms with Gasteiger partial charge in [-0.2, -0.15) is 4.31 Å². The van der Waals surface area contributed by atoms with Crippen molar-refractivity contribution in [3.05, 3.63) is 21.9 Å². The highest BCUT2D eigenvalue weighted by Crippen LogP contribution is 2.40. The molecule has 0 spiro atoms. The predicted molar refractivity (Wildman–Crippen MR) is 71.4 cm³/mol. The molecular formula is C12H15NO4S2. The van der Waals surface area contributed by atoms with Gasteiger partial charge in [-0.3, -0.25) is 0 Å². The van der Waals surface area contributed by atoms with E-state index in [0.29, 0.717) is 25.8 Å². The summed E-state index contributed by atoms with van der Waals surface area (Å²) in [6, 6.07) is 1.03. The van der Waals surface area contributed by atoms with Gasteiger partial charge < -0.3 is 4.74 Å². The highest BCUT2D eigenvalue weighted by atomic mass is 32.2. The third-order valence-electron chi connectivity index (χ3n) is 3.62. The number of carbonyl (C=O) groups is 1. The molecule has 1 aliphatic carbocycles. The summed E-state index contributed by atoms with van der Waals surface area (Å²) in [5.41, 5.74) is 0.785. The minimum Gasteiger partial charge on any atom is -0.468 e. The number of hydrogen-bond donors (Lipinski definition) is 0. The summed E-state index contributed by atoms with van der Waals surface area (Å²) < 4.78 is 31.0. The van der Waals surface area contributed by atoms with Crippen molar-refractivity contribution < 1.29 is 17.9 Å². The maximum absolute atomic E-state index is 12.4. The molecule has 7 heteroatoms. The van der Waals surface area contributed by atoms with Crippen molar-refractivity contribution in [2.45, 2.75) is 30.6 Å². The van der Waals surface area contributed by atoms with E-state index < -0.39 is 22.0 Å². The Morgan fingerprint density at radius 3 is 2.84 bits per heavy atom. The topological polar surface area (TPSA) is 63.7 Å². The van der Waals surface area contributed by atoms with E-state index in [-0.39, 0.29) is 5.25 Å². The lowest BCUT2D eigenvalue weighted by Gasteiger charge is -2.33. The summed E-state index contributed by atoms with van der Waals surface area (Å²) in [6.45, 7) is 0.367. The van der Waals surface area contributed by atoms with Gasteiger partial charge in [0.25, 0.3) is 0 Å². The van der Waals surface area contributed by atoms with Crippen LogP contribution in [0, 0.1) is 0 Å². The number of esters is 1. The van der Waals surface area contributed by atoms with Crippen molar-refractivity contribution in [3.8, 4) is 0 Å². The molecule has 1 aliphatic heterocycles. The first-order chi connectivity index (χ1) is 9.05. The Balaban J connectivity index is 2.03. The standard InChI is InChI=1S/C12H15NO4S2/c1-17-12(14)11-9-5-7-18-10(9)4-6-13(11)19(15,16)8-2-3-8/h5,7-8,11H,2-4,6H2,1H3. The number of nitrogens with zero attached hydrogens (tertiary/aromatic N) is 1. The molecule has 0 amide bonds. The van der Waals surface area contributed by atoms with E-state index in [2.05, 4.69) is 0 Å². The van der Waals surface area contributed by atoms with E-state index in [1.165, 1.54) is 11.4 Å². The summed E-state index contributed by atoms with van der Waals surface area (Å²) in [6.07, 6.45) is 2.07. The van der Waals surface area contributed by atoms with Gasteiger partial charge in [0.1, 0.15) is 6.04 Å². The second-order valence-corrected chi connectivity index (χ2v) is 8.00. The number of ether oxygens (including phenoxy) is 1. The van der Waals surface area contributed by atoms with Crippen molar-refractivity contribution >= 4 is 27.3 Å². The lowest BCUT2D eigenvalue weighted by atomic mass is 10.0. The van der Waals surface area contributed by atoms with Crippen LogP contribution in [0.25, 0.3) is 0 Å². The minimum absolute atomic E-state index is 0.306. The summed E-state index contributed by atoms with van der Waals surface area (Å²) in [5.74, 6) is -0.497. The van der Waals surface area contributed by atoms with E-state index in [1.807, 2.05) is 11.4 Å². The number of sulfonamides is 1. The van der Waals surface area contributed by atoms with Gasteiger partial charge in [0.15, 0.2) is 0 Å². The van der Waals surface area contributed by atoms with Crippen LogP contribution in [0.4, 0.5) is 0 Å². The second kappa shape index (κ2) is 4.57. The fourth-order valence-corrected chi connectivity index (χ4v) is 5.34. The van der Waals surface area contributed by atoms with Crippen LogP contribution in [0.1, 0.15) is 29.3 Å². The summed E-state index contributed by atoms with van der Waals surface area (Å²) >= 11 is 1.56. The molecule has 5 nitrogen and oxygen atoms in total. The van der Waals surface area contributed by atoms with E-state index in [4.69, 9.17) is 4.74 Å². The molecule has 0 N–H and O–H groups in total. The maximum atomic E-state index is 12.4. The van der Waals surface area contributed by atoms with Crippen LogP contribution in [-0.2, 0) is 26.0 Å². The zero-order valence-electron chi connectivity index (χ0n) is 10.5. The molecule has 0 saturated heterocycles. The Morgan fingerprint density at radius 2 is 2.21 bits per heavy atom. The van der Waals surface area contributed by atoms with E-state index in [1.54, 1.807) is 11.3 Å². The number of thiophene rings is 1. The maximum Gasteiger partial charge on any atom is 0.328 e. The summed E-state index contributed by atoms with van der Waals surface area (Å²) in [4.78, 5) is 13.1. The molecule has 1 aromatic rings. The van der Waals surface area contributed by atoms with Crippen LogP contribution in [0.5, 0.6) is 0 Å². The number of fused-ring (bicyclic) bond motifs is 1. The van der Waals surface area contributed by atoms with Crippen molar-refractivity contribution in [3.63, 3.8) is 0 Å². The summed E-state index contributed by atoms with van der Waals surface area (Å²) in [7, 11) is -2.08. The van der Waals surface area contributed by atoms with Crippen LogP contribution < -0.4 is 0 Å². The van der Waals surface area contributed by atoms with Crippen LogP contribution in [0.2, 0.25) is 0 Å². The monoisotopic (exact) mass is 301 g/mol. The molecule has 0 bridgehead atoms. The molecule has 1 fully saturated rings. The molecule has 0 radical (unpaired) electrons. The predicted octanol–water partition coefficient (Wildman–Crippen LogP) is 1.31. The molecule has 104 valence electrons. The second-order valence-electron chi connectivity index (χ2n) is 4.83. The third kappa shape index (κ3) is 2.09. The first-order valence-corrected chi connectivity index (χ1v) is 8.58. The Morgan fingerprint density at radius 1 is 1.47 bits per heavy atom. The number of methoxy groups -OCH3 is 1. The zero-order chi connectivity index (χ0) is 13.6.